The number of amides is 1. The van der Waals surface area contributed by atoms with E-state index in [0.29, 0.717) is 40.3 Å². The molecule has 0 radical (unpaired) electrons. The number of ether oxygens (including phenoxy) is 3. The average molecular weight is 507 g/mol. The fourth-order valence-electron chi connectivity index (χ4n) is 4.33. The molecule has 1 aliphatic heterocycles. The standard InChI is InChI=1S/C26H22N2O7S/c1-5-34-17-11-10-14(12-18(17)32-3)20-19-21(29)15-8-6-7-9-16(15)35-22(19)24(30)28(20)26-27-13(2)23(36-26)25(31)33-4/h6-12,20H,5H2,1-4H3/t20-/m1/s1. The van der Waals surface area contributed by atoms with Gasteiger partial charge in [0.1, 0.15) is 10.5 Å². The van der Waals surface area contributed by atoms with Crippen molar-refractivity contribution in [2.75, 3.05) is 25.7 Å². The number of fused-ring (bicyclic) bond motifs is 2. The molecule has 0 bridgehead atoms. The number of carbonyl (C=O) groups is 2. The summed E-state index contributed by atoms with van der Waals surface area (Å²) in [6.07, 6.45) is 0. The van der Waals surface area contributed by atoms with Gasteiger partial charge in [0.2, 0.25) is 5.76 Å². The summed E-state index contributed by atoms with van der Waals surface area (Å²) in [4.78, 5) is 45.8. The zero-order chi connectivity index (χ0) is 25.6. The van der Waals surface area contributed by atoms with Gasteiger partial charge in [-0.3, -0.25) is 14.5 Å². The van der Waals surface area contributed by atoms with Crippen molar-refractivity contribution in [3.8, 4) is 11.5 Å². The van der Waals surface area contributed by atoms with Gasteiger partial charge < -0.3 is 18.6 Å². The number of thiazole rings is 1. The lowest BCUT2D eigenvalue weighted by Gasteiger charge is -2.23. The van der Waals surface area contributed by atoms with Gasteiger partial charge in [0.25, 0.3) is 5.91 Å². The molecule has 0 spiro atoms. The van der Waals surface area contributed by atoms with Crippen molar-refractivity contribution in [2.24, 2.45) is 0 Å². The van der Waals surface area contributed by atoms with E-state index in [-0.39, 0.29) is 26.8 Å². The van der Waals surface area contributed by atoms with Crippen LogP contribution < -0.4 is 19.8 Å². The van der Waals surface area contributed by atoms with Gasteiger partial charge in [0, 0.05) is 0 Å². The van der Waals surface area contributed by atoms with E-state index in [1.165, 1.54) is 19.1 Å². The van der Waals surface area contributed by atoms with Crippen molar-refractivity contribution in [3.63, 3.8) is 0 Å². The molecule has 0 fully saturated rings. The van der Waals surface area contributed by atoms with E-state index in [1.807, 2.05) is 6.92 Å². The van der Waals surface area contributed by atoms with Crippen LogP contribution in [0.3, 0.4) is 0 Å². The van der Waals surface area contributed by atoms with Crippen molar-refractivity contribution in [2.45, 2.75) is 19.9 Å². The predicted molar refractivity (Wildman–Crippen MR) is 133 cm³/mol. The van der Waals surface area contributed by atoms with E-state index in [2.05, 4.69) is 4.98 Å². The highest BCUT2D eigenvalue weighted by Crippen LogP contribution is 2.44. The number of para-hydroxylation sites is 1. The molecule has 2 aromatic carbocycles. The second-order valence-electron chi connectivity index (χ2n) is 7.99. The molecule has 0 N–H and O–H groups in total. The van der Waals surface area contributed by atoms with Crippen molar-refractivity contribution in [1.29, 1.82) is 0 Å². The van der Waals surface area contributed by atoms with Crippen LogP contribution in [-0.2, 0) is 4.74 Å². The third-order valence-electron chi connectivity index (χ3n) is 5.94. The predicted octanol–water partition coefficient (Wildman–Crippen LogP) is 4.50. The maximum Gasteiger partial charge on any atom is 0.350 e. The molecule has 1 atom stereocenters. The minimum absolute atomic E-state index is 0.0657. The number of anilines is 1. The molecule has 36 heavy (non-hydrogen) atoms. The lowest BCUT2D eigenvalue weighted by molar-refractivity contribution is 0.0605. The fourth-order valence-corrected chi connectivity index (χ4v) is 5.34. The SMILES string of the molecule is CCOc1ccc([C@@H]2c3c(oc4ccccc4c3=O)C(=O)N2c2nc(C)c(C(=O)OC)s2)cc1OC. The Bertz CT molecular complexity index is 1570. The molecule has 1 aliphatic rings. The number of hydrogen-bond donors (Lipinski definition) is 0. The second-order valence-corrected chi connectivity index (χ2v) is 8.97. The highest BCUT2D eigenvalue weighted by molar-refractivity contribution is 7.17. The Kier molecular flexibility index (Phi) is 5.97. The quantitative estimate of drug-likeness (QED) is 0.352. The average Bonchev–Trinajstić information content (AvgIpc) is 3.41. The van der Waals surface area contributed by atoms with Crippen molar-refractivity contribution >= 4 is 39.3 Å². The third-order valence-corrected chi connectivity index (χ3v) is 7.08. The molecule has 0 saturated carbocycles. The Morgan fingerprint density at radius 2 is 1.92 bits per heavy atom. The van der Waals surface area contributed by atoms with E-state index in [1.54, 1.807) is 49.4 Å². The summed E-state index contributed by atoms with van der Waals surface area (Å²) in [5, 5.41) is 0.602. The molecular weight excluding hydrogens is 484 g/mol. The minimum atomic E-state index is -0.867. The Labute approximate surface area is 209 Å². The molecule has 3 heterocycles. The molecule has 0 aliphatic carbocycles. The number of carbonyl (C=O) groups excluding carboxylic acids is 2. The molecule has 9 nitrogen and oxygen atoms in total. The maximum atomic E-state index is 13.7. The van der Waals surface area contributed by atoms with Gasteiger partial charge >= 0.3 is 5.97 Å². The zero-order valence-corrected chi connectivity index (χ0v) is 20.8. The van der Waals surface area contributed by atoms with Crippen LogP contribution in [0.4, 0.5) is 5.13 Å². The van der Waals surface area contributed by atoms with E-state index < -0.39 is 17.9 Å². The number of aryl methyl sites for hydroxylation is 1. The Morgan fingerprint density at radius 1 is 1.14 bits per heavy atom. The fraction of sp³-hybridized carbons (Fsp3) is 0.231. The summed E-state index contributed by atoms with van der Waals surface area (Å²) in [5.74, 6) is -0.172. The topological polar surface area (TPSA) is 108 Å². The van der Waals surface area contributed by atoms with Gasteiger partial charge in [0.05, 0.1) is 43.5 Å². The van der Waals surface area contributed by atoms with Crippen molar-refractivity contribution in [1.82, 2.24) is 4.98 Å². The molecule has 5 rings (SSSR count). The van der Waals surface area contributed by atoms with Gasteiger partial charge in [-0.15, -0.1) is 0 Å². The van der Waals surface area contributed by atoms with E-state index in [0.717, 1.165) is 11.3 Å². The van der Waals surface area contributed by atoms with Crippen LogP contribution in [0.25, 0.3) is 11.0 Å². The molecule has 0 unspecified atom stereocenters. The van der Waals surface area contributed by atoms with E-state index in [9.17, 15) is 14.4 Å². The maximum absolute atomic E-state index is 13.7. The van der Waals surface area contributed by atoms with Crippen LogP contribution in [-0.4, -0.2) is 37.7 Å². The summed E-state index contributed by atoms with van der Waals surface area (Å²) < 4.78 is 22.0. The molecule has 184 valence electrons. The first-order chi connectivity index (χ1) is 17.4. The van der Waals surface area contributed by atoms with E-state index >= 15 is 0 Å². The van der Waals surface area contributed by atoms with Crippen LogP contribution in [0.5, 0.6) is 11.5 Å². The number of hydrogen-bond acceptors (Lipinski definition) is 9. The summed E-state index contributed by atoms with van der Waals surface area (Å²) in [6.45, 7) is 3.96. The number of esters is 1. The van der Waals surface area contributed by atoms with Crippen LogP contribution >= 0.6 is 11.3 Å². The monoisotopic (exact) mass is 506 g/mol. The van der Waals surface area contributed by atoms with Gasteiger partial charge in [-0.25, -0.2) is 9.78 Å². The van der Waals surface area contributed by atoms with Gasteiger partial charge in [-0.2, -0.15) is 0 Å². The first kappa shape index (κ1) is 23.6. The second kappa shape index (κ2) is 9.12. The number of benzene rings is 2. The van der Waals surface area contributed by atoms with Crippen LogP contribution in [0, 0.1) is 6.92 Å². The third kappa shape index (κ3) is 3.61. The smallest absolute Gasteiger partial charge is 0.350 e. The molecule has 1 amide bonds. The first-order valence-electron chi connectivity index (χ1n) is 11.1. The Balaban J connectivity index is 1.77. The zero-order valence-electron chi connectivity index (χ0n) is 20.0. The van der Waals surface area contributed by atoms with Gasteiger partial charge in [-0.1, -0.05) is 29.5 Å². The molecular formula is C26H22N2O7S. The first-order valence-corrected chi connectivity index (χ1v) is 12.0. The highest BCUT2D eigenvalue weighted by atomic mass is 32.1. The van der Waals surface area contributed by atoms with Crippen LogP contribution in [0.2, 0.25) is 0 Å². The normalized spacial score (nSPS) is 14.7. The largest absolute Gasteiger partial charge is 0.493 e. The summed E-state index contributed by atoms with van der Waals surface area (Å²) in [5.41, 5.74) is 1.19. The summed E-state index contributed by atoms with van der Waals surface area (Å²) >= 11 is 1.01. The summed E-state index contributed by atoms with van der Waals surface area (Å²) in [7, 11) is 2.79. The van der Waals surface area contributed by atoms with Crippen LogP contribution in [0.1, 0.15) is 50.0 Å². The van der Waals surface area contributed by atoms with E-state index in [4.69, 9.17) is 18.6 Å². The number of nitrogens with zero attached hydrogens (tertiary/aromatic N) is 2. The lowest BCUT2D eigenvalue weighted by Crippen LogP contribution is -2.29. The minimum Gasteiger partial charge on any atom is -0.493 e. The number of methoxy groups -OCH3 is 2. The number of rotatable bonds is 6. The number of aromatic nitrogens is 1. The van der Waals surface area contributed by atoms with Crippen LogP contribution in [0.15, 0.2) is 51.7 Å². The summed E-state index contributed by atoms with van der Waals surface area (Å²) in [6, 6.07) is 11.1. The molecule has 10 heteroatoms. The molecule has 0 saturated heterocycles. The Morgan fingerprint density at radius 3 is 2.64 bits per heavy atom. The van der Waals surface area contributed by atoms with Crippen molar-refractivity contribution in [3.05, 3.63) is 80.1 Å². The Hall–Kier alpha value is -4.18. The van der Waals surface area contributed by atoms with Gasteiger partial charge in [-0.05, 0) is 43.7 Å². The molecule has 4 aromatic rings. The van der Waals surface area contributed by atoms with Crippen molar-refractivity contribution < 1.29 is 28.2 Å². The van der Waals surface area contributed by atoms with Gasteiger partial charge in [0.15, 0.2) is 22.1 Å². The molecule has 2 aromatic heterocycles. The highest BCUT2D eigenvalue weighted by Gasteiger charge is 2.45. The lowest BCUT2D eigenvalue weighted by atomic mass is 9.98.